The molecule has 0 aromatic carbocycles. The number of nitrogens with one attached hydrogen (secondary N) is 1. The van der Waals surface area contributed by atoms with Gasteiger partial charge >= 0.3 is 0 Å². The van der Waals surface area contributed by atoms with Crippen molar-refractivity contribution in [2.24, 2.45) is 5.92 Å². The van der Waals surface area contributed by atoms with Crippen molar-refractivity contribution in [2.75, 3.05) is 20.3 Å². The first-order valence-corrected chi connectivity index (χ1v) is 8.12. The van der Waals surface area contributed by atoms with E-state index in [1.54, 1.807) is 18.4 Å². The minimum Gasteiger partial charge on any atom is -0.385 e. The number of carbonyl (C=O) groups excluding carboxylic acids is 1. The van der Waals surface area contributed by atoms with Crippen LogP contribution in [0.25, 0.3) is 0 Å². The number of amides is 1. The Labute approximate surface area is 125 Å². The van der Waals surface area contributed by atoms with Gasteiger partial charge in [-0.1, -0.05) is 19.9 Å². The van der Waals surface area contributed by atoms with Gasteiger partial charge in [0.05, 0.1) is 6.04 Å². The second kappa shape index (κ2) is 7.20. The van der Waals surface area contributed by atoms with E-state index in [9.17, 15) is 4.79 Å². The standard InChI is InChI=1S/C15H24N2O2S/c1-11(2)13-15(18)17(8-4-5-9-19-3)14(16-13)12-7-6-10-20-12/h6-7,10-11,13-14,16H,4-5,8-9H2,1-3H3. The summed E-state index contributed by atoms with van der Waals surface area (Å²) in [7, 11) is 1.71. The predicted molar refractivity (Wildman–Crippen MR) is 81.6 cm³/mol. The topological polar surface area (TPSA) is 41.6 Å². The number of methoxy groups -OCH3 is 1. The molecule has 1 aromatic rings. The van der Waals surface area contributed by atoms with E-state index in [0.29, 0.717) is 5.92 Å². The first-order chi connectivity index (χ1) is 9.65. The van der Waals surface area contributed by atoms with Crippen LogP contribution in [0.2, 0.25) is 0 Å². The van der Waals surface area contributed by atoms with Gasteiger partial charge in [-0.2, -0.15) is 0 Å². The van der Waals surface area contributed by atoms with Crippen molar-refractivity contribution in [1.82, 2.24) is 10.2 Å². The van der Waals surface area contributed by atoms with E-state index in [4.69, 9.17) is 4.74 Å². The number of carbonyl (C=O) groups is 1. The van der Waals surface area contributed by atoms with Crippen LogP contribution in [0.1, 0.15) is 37.7 Å². The highest BCUT2D eigenvalue weighted by atomic mass is 32.1. The molecule has 1 aliphatic heterocycles. The average Bonchev–Trinajstić information content (AvgIpc) is 3.03. The van der Waals surface area contributed by atoms with Crippen LogP contribution in [0.15, 0.2) is 17.5 Å². The van der Waals surface area contributed by atoms with Crippen molar-refractivity contribution in [3.63, 3.8) is 0 Å². The zero-order chi connectivity index (χ0) is 14.5. The molecule has 2 rings (SSSR count). The van der Waals surface area contributed by atoms with Crippen LogP contribution in [0, 0.1) is 5.92 Å². The second-order valence-corrected chi connectivity index (χ2v) is 6.52. The third-order valence-corrected chi connectivity index (χ3v) is 4.60. The van der Waals surface area contributed by atoms with Gasteiger partial charge in [0.25, 0.3) is 0 Å². The number of hydrogen-bond donors (Lipinski definition) is 1. The highest BCUT2D eigenvalue weighted by Crippen LogP contribution is 2.30. The highest BCUT2D eigenvalue weighted by Gasteiger charge is 2.40. The molecule has 2 atom stereocenters. The molecular formula is C15H24N2O2S. The molecule has 0 aliphatic carbocycles. The maximum atomic E-state index is 12.6. The first-order valence-electron chi connectivity index (χ1n) is 7.24. The van der Waals surface area contributed by atoms with Gasteiger partial charge in [-0.05, 0) is 30.2 Å². The van der Waals surface area contributed by atoms with E-state index < -0.39 is 0 Å². The van der Waals surface area contributed by atoms with E-state index in [1.807, 2.05) is 11.0 Å². The molecule has 0 radical (unpaired) electrons. The third-order valence-electron chi connectivity index (χ3n) is 3.68. The molecule has 0 saturated carbocycles. The Morgan fingerprint density at radius 3 is 2.85 bits per heavy atom. The van der Waals surface area contributed by atoms with Crippen LogP contribution < -0.4 is 5.32 Å². The molecule has 20 heavy (non-hydrogen) atoms. The molecule has 0 spiro atoms. The van der Waals surface area contributed by atoms with Gasteiger partial charge < -0.3 is 9.64 Å². The Kier molecular flexibility index (Phi) is 5.57. The van der Waals surface area contributed by atoms with Gasteiger partial charge in [0, 0.05) is 25.1 Å². The summed E-state index contributed by atoms with van der Waals surface area (Å²) in [6, 6.07) is 4.07. The second-order valence-electron chi connectivity index (χ2n) is 5.54. The van der Waals surface area contributed by atoms with Crippen molar-refractivity contribution in [1.29, 1.82) is 0 Å². The molecule has 1 amide bonds. The maximum Gasteiger partial charge on any atom is 0.241 e. The summed E-state index contributed by atoms with van der Waals surface area (Å²) >= 11 is 1.70. The Balaban J connectivity index is 2.05. The zero-order valence-electron chi connectivity index (χ0n) is 12.5. The Hall–Kier alpha value is -0.910. The molecule has 1 saturated heterocycles. The Morgan fingerprint density at radius 1 is 1.45 bits per heavy atom. The summed E-state index contributed by atoms with van der Waals surface area (Å²) in [4.78, 5) is 15.8. The van der Waals surface area contributed by atoms with Crippen LogP contribution >= 0.6 is 11.3 Å². The SMILES string of the molecule is COCCCCN1C(=O)C(C(C)C)NC1c1cccs1. The summed E-state index contributed by atoms with van der Waals surface area (Å²) in [5, 5.41) is 5.55. The molecule has 4 nitrogen and oxygen atoms in total. The van der Waals surface area contributed by atoms with Crippen LogP contribution in [-0.4, -0.2) is 37.1 Å². The molecule has 1 fully saturated rings. The smallest absolute Gasteiger partial charge is 0.241 e. The van der Waals surface area contributed by atoms with E-state index in [-0.39, 0.29) is 18.1 Å². The predicted octanol–water partition coefficient (Wildman–Crippen LogP) is 2.63. The lowest BCUT2D eigenvalue weighted by atomic mass is 10.1. The van der Waals surface area contributed by atoms with Gasteiger partial charge in [-0.15, -0.1) is 11.3 Å². The van der Waals surface area contributed by atoms with Crippen molar-refractivity contribution < 1.29 is 9.53 Å². The molecule has 1 aliphatic rings. The van der Waals surface area contributed by atoms with E-state index in [2.05, 4.69) is 30.6 Å². The lowest BCUT2D eigenvalue weighted by molar-refractivity contribution is -0.130. The van der Waals surface area contributed by atoms with Gasteiger partial charge in [0.15, 0.2) is 0 Å². The molecule has 5 heteroatoms. The summed E-state index contributed by atoms with van der Waals surface area (Å²) in [5.74, 6) is 0.546. The van der Waals surface area contributed by atoms with Crippen molar-refractivity contribution in [3.8, 4) is 0 Å². The summed E-state index contributed by atoms with van der Waals surface area (Å²) in [6.07, 6.45) is 2.01. The van der Waals surface area contributed by atoms with E-state index in [0.717, 1.165) is 26.0 Å². The van der Waals surface area contributed by atoms with Gasteiger partial charge in [-0.3, -0.25) is 10.1 Å². The minimum atomic E-state index is -0.0653. The summed E-state index contributed by atoms with van der Waals surface area (Å²) in [6.45, 7) is 5.73. The minimum absolute atomic E-state index is 0.0393. The number of nitrogens with zero attached hydrogens (tertiary/aromatic N) is 1. The van der Waals surface area contributed by atoms with Crippen LogP contribution in [-0.2, 0) is 9.53 Å². The third kappa shape index (κ3) is 3.40. The normalized spacial score (nSPS) is 23.0. The van der Waals surface area contributed by atoms with Gasteiger partial charge in [0.2, 0.25) is 5.91 Å². The number of thiophene rings is 1. The first kappa shape index (κ1) is 15.5. The fourth-order valence-corrected chi connectivity index (χ4v) is 3.36. The number of ether oxygens (including phenoxy) is 1. The molecule has 0 bridgehead atoms. The van der Waals surface area contributed by atoms with Gasteiger partial charge in [-0.25, -0.2) is 0 Å². The molecule has 2 heterocycles. The Morgan fingerprint density at radius 2 is 2.25 bits per heavy atom. The molecule has 2 unspecified atom stereocenters. The lowest BCUT2D eigenvalue weighted by Gasteiger charge is -2.23. The van der Waals surface area contributed by atoms with Crippen LogP contribution in [0.3, 0.4) is 0 Å². The number of rotatable bonds is 7. The molecule has 1 aromatic heterocycles. The summed E-state index contributed by atoms with van der Waals surface area (Å²) in [5.41, 5.74) is 0. The monoisotopic (exact) mass is 296 g/mol. The molecule has 112 valence electrons. The average molecular weight is 296 g/mol. The highest BCUT2D eigenvalue weighted by molar-refractivity contribution is 7.10. The maximum absolute atomic E-state index is 12.6. The van der Waals surface area contributed by atoms with Crippen LogP contribution in [0.4, 0.5) is 0 Å². The van der Waals surface area contributed by atoms with E-state index in [1.165, 1.54) is 4.88 Å². The quantitative estimate of drug-likeness (QED) is 0.787. The number of hydrogen-bond acceptors (Lipinski definition) is 4. The van der Waals surface area contributed by atoms with Gasteiger partial charge in [0.1, 0.15) is 6.17 Å². The fraction of sp³-hybridized carbons (Fsp3) is 0.667. The van der Waals surface area contributed by atoms with Crippen molar-refractivity contribution in [3.05, 3.63) is 22.4 Å². The van der Waals surface area contributed by atoms with Crippen molar-refractivity contribution >= 4 is 17.2 Å². The van der Waals surface area contributed by atoms with Crippen LogP contribution in [0.5, 0.6) is 0 Å². The lowest BCUT2D eigenvalue weighted by Crippen LogP contribution is -2.35. The summed E-state index contributed by atoms with van der Waals surface area (Å²) < 4.78 is 5.07. The molecule has 1 N–H and O–H groups in total. The molecular weight excluding hydrogens is 272 g/mol. The Bertz CT molecular complexity index is 420. The zero-order valence-corrected chi connectivity index (χ0v) is 13.3. The fourth-order valence-electron chi connectivity index (χ4n) is 2.57. The van der Waals surface area contributed by atoms with Crippen molar-refractivity contribution in [2.45, 2.75) is 38.9 Å². The van der Waals surface area contributed by atoms with E-state index >= 15 is 0 Å². The largest absolute Gasteiger partial charge is 0.385 e. The number of unbranched alkanes of at least 4 members (excludes halogenated alkanes) is 1.